The lowest BCUT2D eigenvalue weighted by Crippen LogP contribution is -2.75. The standard InChI is InChI=1S/C64H54N2Si/c1-63(2,3)43-33-35-59-53(41-43)49-27-17-19-31-55(49)65(59)57-37-39-61(51-29-15-13-25-47(51)57)67(45-21-9-7-10-22-45,46-23-11-8-12-24-46)62-40-38-58(48-26-14-16-30-52(48)62)66-56-32-20-18-28-50(56)54-42-44(64(4,5)6)34-36-60(54)66/h7-42H,1-6H3. The summed E-state index contributed by atoms with van der Waals surface area (Å²) in [6, 6.07) is 83.1. The topological polar surface area (TPSA) is 9.86 Å². The molecule has 0 radical (unpaired) electrons. The molecule has 0 unspecified atom stereocenters. The van der Waals surface area contributed by atoms with Crippen LogP contribution in [0.5, 0.6) is 0 Å². The second-order valence-electron chi connectivity index (χ2n) is 20.5. The highest BCUT2D eigenvalue weighted by molar-refractivity contribution is 7.21. The van der Waals surface area contributed by atoms with Gasteiger partial charge in [0.2, 0.25) is 0 Å². The summed E-state index contributed by atoms with van der Waals surface area (Å²) in [4.78, 5) is 0. The highest BCUT2D eigenvalue weighted by Crippen LogP contribution is 2.39. The molecule has 3 heteroatoms. The summed E-state index contributed by atoms with van der Waals surface area (Å²) in [5.41, 5.74) is 10.0. The fraction of sp³-hybridized carbons (Fsp3) is 0.125. The number of benzene rings is 10. The van der Waals surface area contributed by atoms with E-state index < -0.39 is 8.07 Å². The van der Waals surface area contributed by atoms with E-state index in [4.69, 9.17) is 0 Å². The van der Waals surface area contributed by atoms with E-state index in [1.54, 1.807) is 0 Å². The van der Waals surface area contributed by atoms with Crippen LogP contribution in [-0.2, 0) is 10.8 Å². The third kappa shape index (κ3) is 6.29. The zero-order chi connectivity index (χ0) is 45.7. The fourth-order valence-electron chi connectivity index (χ4n) is 11.3. The Balaban J connectivity index is 1.17. The van der Waals surface area contributed by atoms with Crippen molar-refractivity contribution in [1.82, 2.24) is 9.13 Å². The average Bonchev–Trinajstić information content (AvgIpc) is 3.86. The van der Waals surface area contributed by atoms with Crippen LogP contribution >= 0.6 is 0 Å². The SMILES string of the molecule is CC(C)(C)c1ccc2c(c1)c1ccccc1n2-c1ccc([Si](c2ccccc2)(c2ccccc2)c2ccc(-n3c4ccccc4c4cc(C(C)(C)C)ccc43)c3ccccc23)c2ccccc12. The molecule has 0 saturated carbocycles. The van der Waals surface area contributed by atoms with E-state index in [9.17, 15) is 0 Å². The van der Waals surface area contributed by atoms with Gasteiger partial charge >= 0.3 is 0 Å². The summed E-state index contributed by atoms with van der Waals surface area (Å²) in [5, 5.41) is 15.6. The molecule has 0 fully saturated rings. The number of rotatable bonds is 6. The van der Waals surface area contributed by atoms with Crippen LogP contribution in [0.2, 0.25) is 0 Å². The van der Waals surface area contributed by atoms with E-state index in [-0.39, 0.29) is 10.8 Å². The summed E-state index contributed by atoms with van der Waals surface area (Å²) in [5.74, 6) is 0. The minimum absolute atomic E-state index is 0.0383. The molecule has 67 heavy (non-hydrogen) atoms. The largest absolute Gasteiger partial charge is 0.309 e. The van der Waals surface area contributed by atoms with Gasteiger partial charge in [-0.3, -0.25) is 0 Å². The molecule has 0 N–H and O–H groups in total. The Morgan fingerprint density at radius 1 is 0.284 bits per heavy atom. The van der Waals surface area contributed by atoms with Crippen LogP contribution in [0.3, 0.4) is 0 Å². The molecular weight excluding hydrogens is 825 g/mol. The molecule has 12 aromatic rings. The molecule has 2 nitrogen and oxygen atoms in total. The molecule has 0 aliphatic carbocycles. The van der Waals surface area contributed by atoms with Gasteiger partial charge in [0.25, 0.3) is 0 Å². The first-order valence-electron chi connectivity index (χ1n) is 23.8. The second kappa shape index (κ2) is 15.3. The van der Waals surface area contributed by atoms with Gasteiger partial charge in [-0.05, 0) is 102 Å². The van der Waals surface area contributed by atoms with Gasteiger partial charge in [0, 0.05) is 32.3 Å². The third-order valence-corrected chi connectivity index (χ3v) is 19.5. The second-order valence-corrected chi connectivity index (χ2v) is 24.2. The van der Waals surface area contributed by atoms with Crippen LogP contribution in [0.15, 0.2) is 218 Å². The van der Waals surface area contributed by atoms with Crippen LogP contribution in [-0.4, -0.2) is 17.2 Å². The van der Waals surface area contributed by atoms with E-state index in [1.807, 2.05) is 0 Å². The van der Waals surface area contributed by atoms with Crippen molar-refractivity contribution >= 4 is 94.0 Å². The molecule has 0 amide bonds. The van der Waals surface area contributed by atoms with Gasteiger partial charge in [-0.2, -0.15) is 0 Å². The van der Waals surface area contributed by atoms with Gasteiger partial charge in [0.05, 0.1) is 33.4 Å². The number of hydrogen-bond donors (Lipinski definition) is 0. The van der Waals surface area contributed by atoms with Crippen molar-refractivity contribution in [2.24, 2.45) is 0 Å². The third-order valence-electron chi connectivity index (χ3n) is 14.6. The van der Waals surface area contributed by atoms with E-state index in [1.165, 1.54) is 108 Å². The number of nitrogens with zero attached hydrogens (tertiary/aromatic N) is 2. The Kier molecular flexibility index (Phi) is 9.36. The van der Waals surface area contributed by atoms with Crippen molar-refractivity contribution in [3.8, 4) is 11.4 Å². The van der Waals surface area contributed by atoms with Gasteiger partial charge in [-0.15, -0.1) is 0 Å². The van der Waals surface area contributed by atoms with Gasteiger partial charge in [-0.1, -0.05) is 211 Å². The fourth-order valence-corrected chi connectivity index (χ4v) is 16.5. The van der Waals surface area contributed by atoms with Gasteiger partial charge < -0.3 is 9.13 Å². The first kappa shape index (κ1) is 41.0. The minimum atomic E-state index is -3.13. The normalized spacial score (nSPS) is 12.6. The average molecular weight is 879 g/mol. The summed E-state index contributed by atoms with van der Waals surface area (Å²) >= 11 is 0. The molecule has 2 aromatic heterocycles. The first-order chi connectivity index (χ1) is 32.5. The smallest absolute Gasteiger partial charge is 0.180 e. The molecule has 0 aliphatic rings. The number of aromatic nitrogens is 2. The number of hydrogen-bond acceptors (Lipinski definition) is 0. The molecule has 0 saturated heterocycles. The monoisotopic (exact) mass is 878 g/mol. The van der Waals surface area contributed by atoms with Crippen molar-refractivity contribution in [3.05, 3.63) is 230 Å². The number of fused-ring (bicyclic) bond motifs is 8. The summed E-state index contributed by atoms with van der Waals surface area (Å²) in [7, 11) is -3.13. The van der Waals surface area contributed by atoms with E-state index in [0.29, 0.717) is 0 Å². The maximum atomic E-state index is 2.51. The quantitative estimate of drug-likeness (QED) is 0.116. The molecule has 324 valence electrons. The zero-order valence-electron chi connectivity index (χ0n) is 39.2. The van der Waals surface area contributed by atoms with Crippen molar-refractivity contribution in [2.45, 2.75) is 52.4 Å². The van der Waals surface area contributed by atoms with Crippen LogP contribution < -0.4 is 20.7 Å². The van der Waals surface area contributed by atoms with Crippen molar-refractivity contribution < 1.29 is 0 Å². The van der Waals surface area contributed by atoms with Crippen LogP contribution in [0.1, 0.15) is 52.7 Å². The number of para-hydroxylation sites is 2. The minimum Gasteiger partial charge on any atom is -0.309 e. The first-order valence-corrected chi connectivity index (χ1v) is 25.8. The lowest BCUT2D eigenvalue weighted by molar-refractivity contribution is 0.591. The van der Waals surface area contributed by atoms with E-state index in [0.717, 1.165) is 0 Å². The Morgan fingerprint density at radius 3 is 1.00 bits per heavy atom. The molecule has 0 atom stereocenters. The van der Waals surface area contributed by atoms with Crippen LogP contribution in [0.4, 0.5) is 0 Å². The molecule has 2 heterocycles. The maximum Gasteiger partial charge on any atom is 0.180 e. The lowest BCUT2D eigenvalue weighted by Gasteiger charge is -2.37. The molecule has 10 aromatic carbocycles. The highest BCUT2D eigenvalue weighted by atomic mass is 28.3. The summed E-state index contributed by atoms with van der Waals surface area (Å²) in [6.45, 7) is 13.8. The Hall–Kier alpha value is -7.46. The van der Waals surface area contributed by atoms with Gasteiger partial charge in [0.1, 0.15) is 0 Å². The predicted octanol–water partition coefficient (Wildman–Crippen LogP) is 14.2. The van der Waals surface area contributed by atoms with Gasteiger partial charge in [-0.25, -0.2) is 0 Å². The molecule has 12 rings (SSSR count). The Bertz CT molecular complexity index is 3620. The van der Waals surface area contributed by atoms with Crippen LogP contribution in [0, 0.1) is 0 Å². The molecule has 0 aliphatic heterocycles. The summed E-state index contributed by atoms with van der Waals surface area (Å²) in [6.07, 6.45) is 0. The maximum absolute atomic E-state index is 3.13. The van der Waals surface area contributed by atoms with Crippen molar-refractivity contribution in [2.75, 3.05) is 0 Å². The van der Waals surface area contributed by atoms with E-state index >= 15 is 0 Å². The van der Waals surface area contributed by atoms with Crippen LogP contribution in [0.25, 0.3) is 76.5 Å². The van der Waals surface area contributed by atoms with Crippen molar-refractivity contribution in [3.63, 3.8) is 0 Å². The molecule has 0 spiro atoms. The van der Waals surface area contributed by atoms with Crippen molar-refractivity contribution in [1.29, 1.82) is 0 Å². The highest BCUT2D eigenvalue weighted by Gasteiger charge is 2.44. The summed E-state index contributed by atoms with van der Waals surface area (Å²) < 4.78 is 5.02. The lowest BCUT2D eigenvalue weighted by atomic mass is 9.86. The zero-order valence-corrected chi connectivity index (χ0v) is 40.2. The molecular formula is C64H54N2Si. The Labute approximate surface area is 394 Å². The van der Waals surface area contributed by atoms with E-state index in [2.05, 4.69) is 269 Å². The predicted molar refractivity (Wildman–Crippen MR) is 291 cm³/mol. The Morgan fingerprint density at radius 2 is 0.612 bits per heavy atom. The molecule has 0 bridgehead atoms. The van der Waals surface area contributed by atoms with Gasteiger partial charge in [0.15, 0.2) is 8.07 Å².